The zero-order valence-electron chi connectivity index (χ0n) is 16.4. The minimum Gasteiger partial charge on any atom is -0.594 e. The zero-order valence-corrected chi connectivity index (χ0v) is 16.4. The minimum absolute atomic E-state index is 0.207. The molecule has 0 bridgehead atoms. The Morgan fingerprint density at radius 3 is 2.29 bits per heavy atom. The largest absolute Gasteiger partial charge is 0.594 e. The van der Waals surface area contributed by atoms with Crippen LogP contribution in [0.25, 0.3) is 0 Å². The highest BCUT2D eigenvalue weighted by molar-refractivity contribution is 5.41. The minimum atomic E-state index is 0.207. The Labute approximate surface area is 166 Å². The Balaban J connectivity index is 1.46. The number of epoxide rings is 1. The number of azo groups is 1. The van der Waals surface area contributed by atoms with Crippen LogP contribution in [0.5, 0.6) is 11.5 Å². The summed E-state index contributed by atoms with van der Waals surface area (Å²) in [6.45, 7) is 4.22. The zero-order chi connectivity index (χ0) is 19.6. The molecule has 1 aliphatic heterocycles. The lowest BCUT2D eigenvalue weighted by molar-refractivity contribution is -0.435. The highest BCUT2D eigenvalue weighted by Crippen LogP contribution is 2.23. The van der Waals surface area contributed by atoms with Gasteiger partial charge >= 0.3 is 0 Å². The summed E-state index contributed by atoms with van der Waals surface area (Å²) in [5.41, 5.74) is 1.03. The number of unbranched alkanes of at least 4 members (excludes halogenated alkanes) is 4. The van der Waals surface area contributed by atoms with E-state index in [1.807, 2.05) is 12.1 Å². The molecule has 1 aliphatic rings. The van der Waals surface area contributed by atoms with Crippen molar-refractivity contribution < 1.29 is 19.1 Å². The lowest BCUT2D eigenvalue weighted by Crippen LogP contribution is -2.03. The molecule has 0 aliphatic carbocycles. The van der Waals surface area contributed by atoms with Crippen molar-refractivity contribution in [3.63, 3.8) is 0 Å². The standard InChI is InChI=1S/C22H28N2O4/c1-2-3-4-5-6-15-26-20-11-7-18(8-12-20)23-24(25)19-9-13-21(14-10-19)27-16-22-17-28-22/h7-14,22H,2-6,15-17H2,1H3. The van der Waals surface area contributed by atoms with Gasteiger partial charge in [0.05, 0.1) is 13.2 Å². The molecule has 0 saturated carbocycles. The van der Waals surface area contributed by atoms with E-state index < -0.39 is 0 Å². The van der Waals surface area contributed by atoms with E-state index >= 15 is 0 Å². The lowest BCUT2D eigenvalue weighted by Gasteiger charge is -2.06. The van der Waals surface area contributed by atoms with E-state index in [0.717, 1.165) is 25.4 Å². The third-order valence-electron chi connectivity index (χ3n) is 4.46. The van der Waals surface area contributed by atoms with Crippen molar-refractivity contribution in [2.24, 2.45) is 5.11 Å². The molecule has 0 N–H and O–H groups in total. The Hall–Kier alpha value is -2.60. The molecule has 0 aromatic heterocycles. The predicted octanol–water partition coefficient (Wildman–Crippen LogP) is 5.74. The Morgan fingerprint density at radius 1 is 0.964 bits per heavy atom. The molecule has 2 aromatic carbocycles. The maximum atomic E-state index is 12.2. The second kappa shape index (κ2) is 10.7. The van der Waals surface area contributed by atoms with Crippen LogP contribution in [0.1, 0.15) is 39.0 Å². The van der Waals surface area contributed by atoms with E-state index in [9.17, 15) is 5.21 Å². The molecule has 0 amide bonds. The molecule has 1 unspecified atom stereocenters. The summed E-state index contributed by atoms with van der Waals surface area (Å²) in [6.07, 6.45) is 6.26. The first-order valence-corrected chi connectivity index (χ1v) is 10.0. The van der Waals surface area contributed by atoms with Gasteiger partial charge in [-0.2, -0.15) is 0 Å². The first-order valence-electron chi connectivity index (χ1n) is 10.0. The van der Waals surface area contributed by atoms with Crippen LogP contribution >= 0.6 is 0 Å². The lowest BCUT2D eigenvalue weighted by atomic mass is 10.2. The molecule has 28 heavy (non-hydrogen) atoms. The second-order valence-electron chi connectivity index (χ2n) is 6.89. The molecule has 6 heteroatoms. The smallest absolute Gasteiger partial charge is 0.245 e. The van der Waals surface area contributed by atoms with E-state index in [0.29, 0.717) is 28.6 Å². The highest BCUT2D eigenvalue weighted by Gasteiger charge is 2.23. The Bertz CT molecular complexity index is 740. The van der Waals surface area contributed by atoms with Crippen LogP contribution in [-0.4, -0.2) is 30.8 Å². The number of rotatable bonds is 12. The molecule has 0 radical (unpaired) electrons. The van der Waals surface area contributed by atoms with Gasteiger partial charge in [-0.1, -0.05) is 37.5 Å². The van der Waals surface area contributed by atoms with Crippen molar-refractivity contribution in [3.05, 3.63) is 53.7 Å². The maximum Gasteiger partial charge on any atom is 0.245 e. The van der Waals surface area contributed by atoms with Crippen LogP contribution in [-0.2, 0) is 4.74 Å². The second-order valence-corrected chi connectivity index (χ2v) is 6.89. The predicted molar refractivity (Wildman–Crippen MR) is 108 cm³/mol. The molecule has 3 rings (SSSR count). The average Bonchev–Trinajstić information content (AvgIpc) is 3.55. The van der Waals surface area contributed by atoms with Crippen LogP contribution in [0.4, 0.5) is 11.4 Å². The van der Waals surface area contributed by atoms with Crippen LogP contribution < -0.4 is 9.47 Å². The van der Waals surface area contributed by atoms with Crippen LogP contribution in [0.3, 0.4) is 0 Å². The van der Waals surface area contributed by atoms with Gasteiger partial charge in [0.25, 0.3) is 0 Å². The first-order chi connectivity index (χ1) is 13.7. The van der Waals surface area contributed by atoms with E-state index in [4.69, 9.17) is 14.2 Å². The van der Waals surface area contributed by atoms with Crippen molar-refractivity contribution in [2.45, 2.75) is 45.1 Å². The van der Waals surface area contributed by atoms with Gasteiger partial charge in [0.15, 0.2) is 0 Å². The molecule has 0 spiro atoms. The molecule has 2 aromatic rings. The topological polar surface area (TPSA) is 69.4 Å². The third-order valence-corrected chi connectivity index (χ3v) is 4.46. The van der Waals surface area contributed by atoms with Crippen molar-refractivity contribution in [1.29, 1.82) is 0 Å². The Morgan fingerprint density at radius 2 is 1.61 bits per heavy atom. The number of ether oxygens (including phenoxy) is 3. The summed E-state index contributed by atoms with van der Waals surface area (Å²) in [7, 11) is 0. The Kier molecular flexibility index (Phi) is 7.67. The fourth-order valence-corrected chi connectivity index (χ4v) is 2.69. The van der Waals surface area contributed by atoms with Crippen LogP contribution in [0, 0.1) is 5.21 Å². The van der Waals surface area contributed by atoms with Crippen molar-refractivity contribution in [2.75, 3.05) is 19.8 Å². The van der Waals surface area contributed by atoms with Crippen LogP contribution in [0.2, 0.25) is 0 Å². The van der Waals surface area contributed by atoms with Crippen LogP contribution in [0.15, 0.2) is 53.6 Å². The molecule has 150 valence electrons. The molecular formula is C22H28N2O4. The number of hydrogen-bond acceptors (Lipinski definition) is 5. The van der Waals surface area contributed by atoms with E-state index in [2.05, 4.69) is 12.0 Å². The van der Waals surface area contributed by atoms with Gasteiger partial charge in [-0.05, 0) is 42.8 Å². The van der Waals surface area contributed by atoms with Crippen molar-refractivity contribution in [1.82, 2.24) is 0 Å². The molecular weight excluding hydrogens is 356 g/mol. The van der Waals surface area contributed by atoms with Gasteiger partial charge < -0.3 is 19.4 Å². The number of nitrogens with zero attached hydrogens (tertiary/aromatic N) is 2. The average molecular weight is 384 g/mol. The van der Waals surface area contributed by atoms with Gasteiger partial charge in [0.2, 0.25) is 5.69 Å². The summed E-state index contributed by atoms with van der Waals surface area (Å²) in [5.74, 6) is 1.51. The number of hydrogen-bond donors (Lipinski definition) is 0. The summed E-state index contributed by atoms with van der Waals surface area (Å²) in [6, 6.07) is 14.1. The molecule has 6 nitrogen and oxygen atoms in total. The maximum absolute atomic E-state index is 12.2. The summed E-state index contributed by atoms with van der Waals surface area (Å²) < 4.78 is 16.4. The molecule has 1 heterocycles. The van der Waals surface area contributed by atoms with E-state index in [1.54, 1.807) is 36.4 Å². The van der Waals surface area contributed by atoms with E-state index in [1.165, 1.54) is 25.7 Å². The van der Waals surface area contributed by atoms with Crippen molar-refractivity contribution in [3.8, 4) is 11.5 Å². The quantitative estimate of drug-likeness (QED) is 0.154. The summed E-state index contributed by atoms with van der Waals surface area (Å²) in [5, 5.41) is 16.3. The highest BCUT2D eigenvalue weighted by atomic mass is 16.6. The van der Waals surface area contributed by atoms with Gasteiger partial charge in [-0.3, -0.25) is 0 Å². The SMILES string of the molecule is CCCCCCCOc1ccc(N=[N+]([O-])c2ccc(OCC3CO3)cc2)cc1. The van der Waals surface area contributed by atoms with Gasteiger partial charge in [-0.25, -0.2) is 0 Å². The fraction of sp³-hybridized carbons (Fsp3) is 0.455. The summed E-state index contributed by atoms with van der Waals surface area (Å²) >= 11 is 0. The molecule has 1 atom stereocenters. The van der Waals surface area contributed by atoms with Crippen molar-refractivity contribution >= 4 is 11.4 Å². The van der Waals surface area contributed by atoms with Gasteiger partial charge in [0.1, 0.15) is 29.9 Å². The number of benzene rings is 2. The van der Waals surface area contributed by atoms with Gasteiger partial charge in [-0.15, -0.1) is 0 Å². The first kappa shape index (κ1) is 20.1. The fourth-order valence-electron chi connectivity index (χ4n) is 2.69. The third kappa shape index (κ3) is 6.85. The van der Waals surface area contributed by atoms with Gasteiger partial charge in [0, 0.05) is 17.2 Å². The molecule has 1 fully saturated rings. The normalized spacial score (nSPS) is 16.0. The monoisotopic (exact) mass is 384 g/mol. The molecule has 1 saturated heterocycles. The van der Waals surface area contributed by atoms with E-state index in [-0.39, 0.29) is 6.10 Å². The summed E-state index contributed by atoms with van der Waals surface area (Å²) in [4.78, 5) is 0.609.